The predicted octanol–water partition coefficient (Wildman–Crippen LogP) is 3.33. The number of aryl methyl sites for hydroxylation is 2. The summed E-state index contributed by atoms with van der Waals surface area (Å²) in [5.74, 6) is 0.274. The van der Waals surface area contributed by atoms with Crippen molar-refractivity contribution in [3.63, 3.8) is 0 Å². The first-order valence-electron chi connectivity index (χ1n) is 9.42. The molecule has 0 aliphatic rings. The van der Waals surface area contributed by atoms with E-state index in [1.165, 1.54) is 11.1 Å². The largest absolute Gasteiger partial charge is 0.379 e. The SMILES string of the molecule is CC(C)C=O.CCCOCCOCCNC(=O)CCc1ccc(C)cc1. The number of hydrogen-bond donors (Lipinski definition) is 1. The van der Waals surface area contributed by atoms with Crippen LogP contribution in [0.4, 0.5) is 0 Å². The van der Waals surface area contributed by atoms with Crippen LogP contribution in [0.1, 0.15) is 44.7 Å². The van der Waals surface area contributed by atoms with Gasteiger partial charge in [-0.1, -0.05) is 50.6 Å². The first-order chi connectivity index (χ1) is 12.5. The van der Waals surface area contributed by atoms with Gasteiger partial charge in [0.25, 0.3) is 0 Å². The molecule has 0 unspecified atom stereocenters. The third-order valence-electron chi connectivity index (χ3n) is 3.32. The average Bonchev–Trinajstić information content (AvgIpc) is 2.64. The van der Waals surface area contributed by atoms with E-state index in [4.69, 9.17) is 9.47 Å². The lowest BCUT2D eigenvalue weighted by atomic mass is 10.1. The van der Waals surface area contributed by atoms with Crippen LogP contribution in [0.3, 0.4) is 0 Å². The summed E-state index contributed by atoms with van der Waals surface area (Å²) in [5, 5.41) is 2.86. The van der Waals surface area contributed by atoms with Gasteiger partial charge in [0.1, 0.15) is 6.29 Å². The number of amides is 1. The first-order valence-corrected chi connectivity index (χ1v) is 9.42. The van der Waals surface area contributed by atoms with Crippen molar-refractivity contribution in [1.82, 2.24) is 5.32 Å². The molecule has 0 atom stereocenters. The summed E-state index contributed by atoms with van der Waals surface area (Å²) in [6, 6.07) is 8.29. The van der Waals surface area contributed by atoms with E-state index in [-0.39, 0.29) is 11.8 Å². The summed E-state index contributed by atoms with van der Waals surface area (Å²) in [6.07, 6.45) is 3.23. The highest BCUT2D eigenvalue weighted by Crippen LogP contribution is 2.05. The van der Waals surface area contributed by atoms with E-state index in [2.05, 4.69) is 43.4 Å². The van der Waals surface area contributed by atoms with Crippen molar-refractivity contribution in [2.75, 3.05) is 33.0 Å². The Bertz CT molecular complexity index is 471. The zero-order valence-corrected chi connectivity index (χ0v) is 16.8. The van der Waals surface area contributed by atoms with Crippen molar-refractivity contribution in [1.29, 1.82) is 0 Å². The van der Waals surface area contributed by atoms with Crippen LogP contribution in [-0.2, 0) is 25.5 Å². The molecule has 0 radical (unpaired) electrons. The number of carbonyl (C=O) groups is 2. The van der Waals surface area contributed by atoms with Gasteiger partial charge >= 0.3 is 0 Å². The molecule has 5 nitrogen and oxygen atoms in total. The Kier molecular flexibility index (Phi) is 15.6. The fraction of sp³-hybridized carbons (Fsp3) is 0.619. The number of ether oxygens (including phenoxy) is 2. The zero-order valence-electron chi connectivity index (χ0n) is 16.8. The lowest BCUT2D eigenvalue weighted by molar-refractivity contribution is -0.121. The summed E-state index contributed by atoms with van der Waals surface area (Å²) < 4.78 is 10.7. The molecule has 26 heavy (non-hydrogen) atoms. The van der Waals surface area contributed by atoms with Crippen molar-refractivity contribution < 1.29 is 19.1 Å². The molecule has 0 heterocycles. The van der Waals surface area contributed by atoms with Gasteiger partial charge < -0.3 is 19.6 Å². The Labute approximate surface area is 158 Å². The second-order valence-electron chi connectivity index (χ2n) is 6.44. The Balaban J connectivity index is 0.00000110. The maximum atomic E-state index is 11.7. The topological polar surface area (TPSA) is 64.6 Å². The lowest BCUT2D eigenvalue weighted by Crippen LogP contribution is -2.27. The highest BCUT2D eigenvalue weighted by Gasteiger charge is 2.01. The second kappa shape index (κ2) is 16.7. The molecular formula is C21H35NO4. The number of nitrogens with one attached hydrogen (secondary N) is 1. The van der Waals surface area contributed by atoms with E-state index in [1.807, 2.05) is 13.8 Å². The van der Waals surface area contributed by atoms with Gasteiger partial charge in [0.2, 0.25) is 5.91 Å². The lowest BCUT2D eigenvalue weighted by Gasteiger charge is -2.07. The van der Waals surface area contributed by atoms with Gasteiger partial charge in [-0.2, -0.15) is 0 Å². The molecule has 5 heteroatoms. The summed E-state index contributed by atoms with van der Waals surface area (Å²) in [7, 11) is 0. The number of benzene rings is 1. The van der Waals surface area contributed by atoms with Crippen LogP contribution in [0.5, 0.6) is 0 Å². The number of hydrogen-bond acceptors (Lipinski definition) is 4. The van der Waals surface area contributed by atoms with Crippen LogP contribution < -0.4 is 5.32 Å². The molecule has 0 aliphatic heterocycles. The van der Waals surface area contributed by atoms with E-state index >= 15 is 0 Å². The quantitative estimate of drug-likeness (QED) is 0.456. The van der Waals surface area contributed by atoms with Crippen molar-refractivity contribution in [3.05, 3.63) is 35.4 Å². The van der Waals surface area contributed by atoms with Crippen molar-refractivity contribution in [3.8, 4) is 0 Å². The van der Waals surface area contributed by atoms with E-state index in [9.17, 15) is 9.59 Å². The normalized spacial score (nSPS) is 10.2. The molecule has 1 N–H and O–H groups in total. The van der Waals surface area contributed by atoms with Gasteiger partial charge in [0, 0.05) is 25.5 Å². The fourth-order valence-electron chi connectivity index (χ4n) is 1.83. The maximum absolute atomic E-state index is 11.7. The van der Waals surface area contributed by atoms with E-state index in [0.717, 1.165) is 25.7 Å². The average molecular weight is 366 g/mol. The number of aldehydes is 1. The minimum atomic E-state index is 0.0707. The molecule has 1 amide bonds. The van der Waals surface area contributed by atoms with Crippen molar-refractivity contribution in [2.24, 2.45) is 5.92 Å². The second-order valence-corrected chi connectivity index (χ2v) is 6.44. The van der Waals surface area contributed by atoms with Gasteiger partial charge in [0.05, 0.1) is 19.8 Å². The molecule has 0 aliphatic carbocycles. The summed E-state index contributed by atoms with van der Waals surface area (Å²) in [6.45, 7) is 10.9. The van der Waals surface area contributed by atoms with Gasteiger partial charge in [-0.05, 0) is 25.3 Å². The molecule has 1 aromatic rings. The molecule has 148 valence electrons. The predicted molar refractivity (Wildman–Crippen MR) is 105 cm³/mol. The third-order valence-corrected chi connectivity index (χ3v) is 3.32. The van der Waals surface area contributed by atoms with Gasteiger partial charge in [0.15, 0.2) is 0 Å². The van der Waals surface area contributed by atoms with Crippen LogP contribution in [0.25, 0.3) is 0 Å². The van der Waals surface area contributed by atoms with Crippen LogP contribution in [-0.4, -0.2) is 45.2 Å². The third kappa shape index (κ3) is 15.8. The zero-order chi connectivity index (χ0) is 19.6. The Morgan fingerprint density at radius 2 is 1.65 bits per heavy atom. The van der Waals surface area contributed by atoms with Gasteiger partial charge in [-0.25, -0.2) is 0 Å². The number of rotatable bonds is 12. The van der Waals surface area contributed by atoms with Crippen molar-refractivity contribution >= 4 is 12.2 Å². The Morgan fingerprint density at radius 3 is 2.19 bits per heavy atom. The maximum Gasteiger partial charge on any atom is 0.220 e. The molecular weight excluding hydrogens is 330 g/mol. The highest BCUT2D eigenvalue weighted by molar-refractivity contribution is 5.76. The van der Waals surface area contributed by atoms with E-state index < -0.39 is 0 Å². The number of carbonyl (C=O) groups excluding carboxylic acids is 2. The molecule has 1 rings (SSSR count). The van der Waals surface area contributed by atoms with Gasteiger partial charge in [-0.15, -0.1) is 0 Å². The van der Waals surface area contributed by atoms with E-state index in [0.29, 0.717) is 32.8 Å². The minimum absolute atomic E-state index is 0.0707. The molecule has 0 saturated carbocycles. The first kappa shape index (κ1) is 24.3. The van der Waals surface area contributed by atoms with Crippen LogP contribution in [0.2, 0.25) is 0 Å². The van der Waals surface area contributed by atoms with Gasteiger partial charge in [-0.3, -0.25) is 4.79 Å². The standard InChI is InChI=1S/C17H27NO3.C4H8O/c1-3-11-20-13-14-21-12-10-18-17(19)9-8-16-6-4-15(2)5-7-16;1-4(2)3-5/h4-7H,3,8-14H2,1-2H3,(H,18,19);3-4H,1-2H3. The highest BCUT2D eigenvalue weighted by atomic mass is 16.5. The van der Waals surface area contributed by atoms with E-state index in [1.54, 1.807) is 0 Å². The van der Waals surface area contributed by atoms with Crippen LogP contribution in [0.15, 0.2) is 24.3 Å². The Morgan fingerprint density at radius 1 is 1.08 bits per heavy atom. The fourth-order valence-corrected chi connectivity index (χ4v) is 1.83. The molecule has 0 fully saturated rings. The van der Waals surface area contributed by atoms with Crippen LogP contribution >= 0.6 is 0 Å². The minimum Gasteiger partial charge on any atom is -0.379 e. The smallest absolute Gasteiger partial charge is 0.220 e. The van der Waals surface area contributed by atoms with Crippen molar-refractivity contribution in [2.45, 2.75) is 47.0 Å². The molecule has 1 aromatic carbocycles. The summed E-state index contributed by atoms with van der Waals surface area (Å²) in [5.41, 5.74) is 2.43. The van der Waals surface area contributed by atoms with Crippen LogP contribution in [0, 0.1) is 12.8 Å². The molecule has 0 spiro atoms. The monoisotopic (exact) mass is 365 g/mol. The molecule has 0 saturated heterocycles. The summed E-state index contributed by atoms with van der Waals surface area (Å²) >= 11 is 0. The summed E-state index contributed by atoms with van der Waals surface area (Å²) in [4.78, 5) is 21.2. The molecule has 0 aromatic heterocycles. The Hall–Kier alpha value is -1.72. The molecule has 0 bridgehead atoms.